The van der Waals surface area contributed by atoms with Crippen molar-refractivity contribution < 1.29 is 17.9 Å². The average molecular weight is 484 g/mol. The fraction of sp³-hybridized carbons (Fsp3) is 0.280. The van der Waals surface area contributed by atoms with Crippen molar-refractivity contribution in [3.05, 3.63) is 93.4 Å². The Balaban J connectivity index is 2.04. The molecule has 2 aromatic carbocycles. The van der Waals surface area contributed by atoms with Crippen molar-refractivity contribution in [3.63, 3.8) is 0 Å². The molecule has 3 rings (SSSR count). The number of pyridine rings is 1. The van der Waals surface area contributed by atoms with Gasteiger partial charge in [-0.25, -0.2) is 8.42 Å². The number of thiol groups is 1. The van der Waals surface area contributed by atoms with Crippen LogP contribution in [-0.2, 0) is 31.1 Å². The summed E-state index contributed by atoms with van der Waals surface area (Å²) >= 11 is 0. The Bertz CT molecular complexity index is 1280. The van der Waals surface area contributed by atoms with E-state index in [1.807, 2.05) is 56.3 Å². The van der Waals surface area contributed by atoms with E-state index >= 15 is 0 Å². The molecule has 1 aromatic heterocycles. The van der Waals surface area contributed by atoms with E-state index in [-0.39, 0.29) is 24.6 Å². The molecule has 3 aromatic rings. The number of aryl methyl sites for hydroxylation is 1. The summed E-state index contributed by atoms with van der Waals surface area (Å²) in [5.74, 6) is -0.530. The summed E-state index contributed by atoms with van der Waals surface area (Å²) in [6.45, 7) is 4.17. The van der Waals surface area contributed by atoms with Crippen LogP contribution in [0.4, 0.5) is 5.69 Å². The molecule has 1 N–H and O–H groups in total. The van der Waals surface area contributed by atoms with Gasteiger partial charge in [-0.2, -0.15) is 0 Å². The lowest BCUT2D eigenvalue weighted by atomic mass is 10.2. The minimum absolute atomic E-state index is 0.0535. The molecule has 180 valence electrons. The summed E-state index contributed by atoms with van der Waals surface area (Å²) in [5, 5.41) is 2.79. The Hall–Kier alpha value is -3.59. The van der Waals surface area contributed by atoms with Gasteiger partial charge in [0.25, 0.3) is 5.91 Å². The molecule has 0 aliphatic rings. The van der Waals surface area contributed by atoms with Crippen LogP contribution in [0.25, 0.3) is 0 Å². The van der Waals surface area contributed by atoms with Crippen LogP contribution in [0.1, 0.15) is 40.7 Å². The Kier molecular flexibility index (Phi) is 8.48. The molecular formula is C25H29N3O5S. The monoisotopic (exact) mass is 483 g/mol. The van der Waals surface area contributed by atoms with Crippen molar-refractivity contribution in [1.82, 2.24) is 9.88 Å². The molecule has 1 amide bonds. The predicted molar refractivity (Wildman–Crippen MR) is 133 cm³/mol. The van der Waals surface area contributed by atoms with Gasteiger partial charge in [-0.1, -0.05) is 55.5 Å². The average Bonchev–Trinajstić information content (AvgIpc) is 2.82. The molecule has 0 radical (unpaired) electrons. The van der Waals surface area contributed by atoms with Crippen molar-refractivity contribution in [1.29, 1.82) is 0 Å². The maximum Gasteiger partial charge on any atom is 0.271 e. The highest BCUT2D eigenvalue weighted by atomic mass is 32.2. The maximum absolute atomic E-state index is 13.1. The van der Waals surface area contributed by atoms with Gasteiger partial charge in [0.05, 0.1) is 12.2 Å². The second kappa shape index (κ2) is 11.5. The van der Waals surface area contributed by atoms with Crippen LogP contribution in [0.5, 0.6) is 5.75 Å². The Labute approximate surface area is 200 Å². The fourth-order valence-electron chi connectivity index (χ4n) is 3.56. The quantitative estimate of drug-likeness (QED) is 0.432. The summed E-state index contributed by atoms with van der Waals surface area (Å²) in [4.78, 5) is 26.1. The number of benzene rings is 2. The van der Waals surface area contributed by atoms with Crippen LogP contribution < -0.4 is 19.8 Å². The van der Waals surface area contributed by atoms with Crippen molar-refractivity contribution >= 4 is 22.5 Å². The number of para-hydroxylation sites is 1. The smallest absolute Gasteiger partial charge is 0.271 e. The van der Waals surface area contributed by atoms with E-state index in [2.05, 4.69) is 5.32 Å². The second-order valence-corrected chi connectivity index (χ2v) is 8.81. The zero-order valence-electron chi connectivity index (χ0n) is 19.5. The van der Waals surface area contributed by atoms with Gasteiger partial charge in [-0.05, 0) is 30.5 Å². The molecule has 0 saturated carbocycles. The molecular weight excluding hydrogens is 454 g/mol. The molecule has 1 heterocycles. The maximum atomic E-state index is 13.1. The lowest BCUT2D eigenvalue weighted by Gasteiger charge is -2.23. The van der Waals surface area contributed by atoms with Gasteiger partial charge in [0.1, 0.15) is 6.61 Å². The van der Waals surface area contributed by atoms with Crippen LogP contribution >= 0.6 is 0 Å². The first-order valence-electron chi connectivity index (χ1n) is 11.0. The van der Waals surface area contributed by atoms with Gasteiger partial charge in [-0.3, -0.25) is 13.9 Å². The Morgan fingerprint density at radius 2 is 1.76 bits per heavy atom. The third-order valence-corrected chi connectivity index (χ3v) is 6.13. The predicted octanol–water partition coefficient (Wildman–Crippen LogP) is 2.95. The van der Waals surface area contributed by atoms with Gasteiger partial charge in [-0.15, -0.1) is 0 Å². The van der Waals surface area contributed by atoms with Crippen molar-refractivity contribution in [2.45, 2.75) is 33.4 Å². The number of hydrogen-bond acceptors (Lipinski definition) is 5. The summed E-state index contributed by atoms with van der Waals surface area (Å²) in [6.07, 6.45) is 0.720. The van der Waals surface area contributed by atoms with Crippen molar-refractivity contribution in [3.8, 4) is 5.75 Å². The Morgan fingerprint density at radius 1 is 1.09 bits per heavy atom. The van der Waals surface area contributed by atoms with E-state index in [0.29, 0.717) is 17.9 Å². The van der Waals surface area contributed by atoms with Gasteiger partial charge in [0, 0.05) is 25.4 Å². The van der Waals surface area contributed by atoms with Crippen LogP contribution in [-0.4, -0.2) is 25.4 Å². The zero-order chi connectivity index (χ0) is 24.7. The number of ether oxygens (including phenoxy) is 1. The summed E-state index contributed by atoms with van der Waals surface area (Å²) in [6, 6.07) is 17.7. The third-order valence-electron chi connectivity index (χ3n) is 5.38. The van der Waals surface area contributed by atoms with E-state index in [1.165, 1.54) is 14.9 Å². The number of carbonyl (C=O) groups excluding carboxylic acids is 1. The van der Waals surface area contributed by atoms with Crippen LogP contribution in [0.2, 0.25) is 0 Å². The number of amides is 1. The molecule has 0 spiro atoms. The number of hydrogen-bond donors (Lipinski definition) is 2. The highest BCUT2D eigenvalue weighted by Crippen LogP contribution is 2.23. The molecule has 0 aliphatic carbocycles. The highest BCUT2D eigenvalue weighted by Gasteiger charge is 2.23. The van der Waals surface area contributed by atoms with E-state index in [0.717, 1.165) is 17.5 Å². The largest absolute Gasteiger partial charge is 0.483 e. The van der Waals surface area contributed by atoms with Gasteiger partial charge < -0.3 is 14.6 Å². The second-order valence-electron chi connectivity index (χ2n) is 7.85. The molecule has 0 saturated heterocycles. The van der Waals surface area contributed by atoms with Crippen LogP contribution in [0.15, 0.2) is 65.5 Å². The van der Waals surface area contributed by atoms with Crippen LogP contribution in [0.3, 0.4) is 0 Å². The molecule has 0 atom stereocenters. The molecule has 0 bridgehead atoms. The van der Waals surface area contributed by atoms with Crippen molar-refractivity contribution in [2.24, 2.45) is 7.05 Å². The standard InChI is InChI=1S/C25H29N3O5S/c1-4-14-26-25(30)23-24(33-17-19-11-6-5-7-12-19)22(29)15-20(27(23)3)16-28(34(31)32)21-13-9-8-10-18(21)2/h5-13,15,34H,4,14,16-17H2,1-3H3,(H,26,30). The van der Waals surface area contributed by atoms with Gasteiger partial charge in [0.2, 0.25) is 16.3 Å². The summed E-state index contributed by atoms with van der Waals surface area (Å²) in [5.41, 5.74) is 2.06. The van der Waals surface area contributed by atoms with E-state index < -0.39 is 22.2 Å². The number of rotatable bonds is 10. The first-order valence-corrected chi connectivity index (χ1v) is 12.1. The number of anilines is 1. The van der Waals surface area contributed by atoms with E-state index in [9.17, 15) is 18.0 Å². The number of carbonyl (C=O) groups is 1. The molecule has 8 nitrogen and oxygen atoms in total. The minimum atomic E-state index is -2.99. The molecule has 0 aliphatic heterocycles. The minimum Gasteiger partial charge on any atom is -0.483 e. The summed E-state index contributed by atoms with van der Waals surface area (Å²) < 4.78 is 32.8. The van der Waals surface area contributed by atoms with Gasteiger partial charge >= 0.3 is 0 Å². The Morgan fingerprint density at radius 3 is 2.41 bits per heavy atom. The number of nitrogens with zero attached hydrogens (tertiary/aromatic N) is 2. The first-order chi connectivity index (χ1) is 16.3. The third kappa shape index (κ3) is 5.85. The lowest BCUT2D eigenvalue weighted by Crippen LogP contribution is -2.32. The molecule has 0 fully saturated rings. The van der Waals surface area contributed by atoms with E-state index in [1.54, 1.807) is 19.2 Å². The molecule has 9 heteroatoms. The zero-order valence-corrected chi connectivity index (χ0v) is 20.4. The first kappa shape index (κ1) is 25.0. The van der Waals surface area contributed by atoms with E-state index in [4.69, 9.17) is 4.74 Å². The summed E-state index contributed by atoms with van der Waals surface area (Å²) in [7, 11) is -1.37. The SMILES string of the molecule is CCCNC(=O)c1c(OCc2ccccc2)c(=O)cc(CN(c2ccccc2C)[SH](=O)=O)n1C. The lowest BCUT2D eigenvalue weighted by molar-refractivity contribution is 0.0938. The normalized spacial score (nSPS) is 10.8. The number of aromatic nitrogens is 1. The topological polar surface area (TPSA) is 97.7 Å². The van der Waals surface area contributed by atoms with Crippen molar-refractivity contribution in [2.75, 3.05) is 10.8 Å². The van der Waals surface area contributed by atoms with Gasteiger partial charge in [0.15, 0.2) is 11.4 Å². The molecule has 34 heavy (non-hydrogen) atoms. The van der Waals surface area contributed by atoms with Crippen LogP contribution in [0, 0.1) is 6.92 Å². The molecule has 0 unspecified atom stereocenters. The number of nitrogens with one attached hydrogen (secondary N) is 1. The fourth-order valence-corrected chi connectivity index (χ4v) is 4.22. The highest BCUT2D eigenvalue weighted by molar-refractivity contribution is 7.74.